The van der Waals surface area contributed by atoms with Gasteiger partial charge in [-0.05, 0) is 60.6 Å². The molecule has 0 spiro atoms. The minimum Gasteiger partial charge on any atom is -0.465 e. The summed E-state index contributed by atoms with van der Waals surface area (Å²) in [6.45, 7) is 5.45. The first-order chi connectivity index (χ1) is 18.2. The van der Waals surface area contributed by atoms with E-state index in [9.17, 15) is 18.0 Å². The lowest BCUT2D eigenvalue weighted by Gasteiger charge is -2.16. The molecule has 2 aromatic carbocycles. The quantitative estimate of drug-likeness (QED) is 0.235. The van der Waals surface area contributed by atoms with Crippen molar-refractivity contribution in [2.24, 2.45) is 5.73 Å². The van der Waals surface area contributed by atoms with E-state index >= 15 is 0 Å². The Morgan fingerprint density at radius 3 is 2.63 bits per heavy atom. The van der Waals surface area contributed by atoms with E-state index in [1.165, 1.54) is 13.2 Å². The minimum absolute atomic E-state index is 0.150. The van der Waals surface area contributed by atoms with E-state index in [4.69, 9.17) is 10.5 Å². The van der Waals surface area contributed by atoms with Gasteiger partial charge in [-0.25, -0.2) is 9.48 Å². The lowest BCUT2D eigenvalue weighted by molar-refractivity contribution is -0.0880. The van der Waals surface area contributed by atoms with E-state index in [2.05, 4.69) is 17.0 Å². The fourth-order valence-electron chi connectivity index (χ4n) is 4.11. The Morgan fingerprint density at radius 1 is 1.24 bits per heavy atom. The molecule has 0 bridgehead atoms. The fraction of sp³-hybridized carbons (Fsp3) is 0.241. The number of halogens is 3. The molecule has 0 atom stereocenters. The molecule has 0 aliphatic heterocycles. The van der Waals surface area contributed by atoms with Gasteiger partial charge >= 0.3 is 12.1 Å². The van der Waals surface area contributed by atoms with Crippen LogP contribution in [0, 0.1) is 0 Å². The van der Waals surface area contributed by atoms with E-state index in [0.29, 0.717) is 22.9 Å². The number of hydrogen-bond donors (Lipinski definition) is 2. The maximum atomic E-state index is 14.0. The van der Waals surface area contributed by atoms with Crippen LogP contribution >= 0.6 is 0 Å². The molecule has 3 N–H and O–H groups in total. The molecule has 0 amide bonds. The standard InChI is InChI=1S/C29H29F3N4O2/c1-4-6-10-23(29(30,31)32)27(33)36-26(17-25(35-36)21-9-7-8-18(5-2)15-21)34-24-14-13-20(19-11-12-19)16-22(24)28(37)38-3/h4,6-10,13-17,19,34H,1,5,11-12,33H2,2-3H3/b10-6-,27-23-. The van der Waals surface area contributed by atoms with Crippen molar-refractivity contribution in [3.05, 3.63) is 95.6 Å². The molecule has 9 heteroatoms. The largest absolute Gasteiger partial charge is 0.465 e. The second-order valence-electron chi connectivity index (χ2n) is 8.97. The first-order valence-electron chi connectivity index (χ1n) is 12.2. The predicted octanol–water partition coefficient (Wildman–Crippen LogP) is 6.95. The van der Waals surface area contributed by atoms with Crippen molar-refractivity contribution in [1.82, 2.24) is 9.78 Å². The number of benzene rings is 2. The number of allylic oxidation sites excluding steroid dienone is 4. The summed E-state index contributed by atoms with van der Waals surface area (Å²) in [6.07, 6.45) is 1.34. The number of carbonyl (C=O) groups excluding carboxylic acids is 1. The number of carbonyl (C=O) groups is 1. The van der Waals surface area contributed by atoms with Gasteiger partial charge in [0.2, 0.25) is 0 Å². The number of anilines is 2. The zero-order chi connectivity index (χ0) is 27.4. The van der Waals surface area contributed by atoms with Crippen LogP contribution in [0.3, 0.4) is 0 Å². The smallest absolute Gasteiger partial charge is 0.419 e. The van der Waals surface area contributed by atoms with Gasteiger partial charge in [0.05, 0.1) is 29.6 Å². The molecule has 1 aliphatic rings. The summed E-state index contributed by atoms with van der Waals surface area (Å²) in [5.74, 6) is -0.659. The molecule has 198 valence electrons. The summed E-state index contributed by atoms with van der Waals surface area (Å²) in [7, 11) is 1.28. The number of nitrogens with two attached hydrogens (primary N) is 1. The second-order valence-corrected chi connectivity index (χ2v) is 8.97. The topological polar surface area (TPSA) is 82.2 Å². The Hall–Kier alpha value is -4.27. The Kier molecular flexibility index (Phi) is 7.75. The third-order valence-corrected chi connectivity index (χ3v) is 6.31. The summed E-state index contributed by atoms with van der Waals surface area (Å²) in [5.41, 5.74) is 8.83. The molecule has 1 aliphatic carbocycles. The Morgan fingerprint density at radius 2 is 2.00 bits per heavy atom. The van der Waals surface area contributed by atoms with Crippen molar-refractivity contribution in [2.75, 3.05) is 12.4 Å². The van der Waals surface area contributed by atoms with Crippen LogP contribution < -0.4 is 11.1 Å². The molecule has 6 nitrogen and oxygen atoms in total. The highest BCUT2D eigenvalue weighted by molar-refractivity contribution is 5.97. The lowest BCUT2D eigenvalue weighted by Crippen LogP contribution is -2.21. The maximum absolute atomic E-state index is 14.0. The number of methoxy groups -OCH3 is 1. The number of hydrogen-bond acceptors (Lipinski definition) is 5. The summed E-state index contributed by atoms with van der Waals surface area (Å²) >= 11 is 0. The Bertz CT molecular complexity index is 1420. The van der Waals surface area contributed by atoms with E-state index in [1.54, 1.807) is 18.2 Å². The van der Waals surface area contributed by atoms with E-state index < -0.39 is 23.5 Å². The molecule has 1 saturated carbocycles. The van der Waals surface area contributed by atoms with Crippen LogP contribution in [0.5, 0.6) is 0 Å². The highest BCUT2D eigenvalue weighted by Crippen LogP contribution is 2.41. The predicted molar refractivity (Wildman–Crippen MR) is 143 cm³/mol. The maximum Gasteiger partial charge on any atom is 0.419 e. The number of nitrogens with one attached hydrogen (secondary N) is 1. The van der Waals surface area contributed by atoms with Crippen molar-refractivity contribution in [3.63, 3.8) is 0 Å². The van der Waals surface area contributed by atoms with Gasteiger partial charge in [0.1, 0.15) is 11.6 Å². The van der Waals surface area contributed by atoms with Crippen molar-refractivity contribution >= 4 is 23.3 Å². The van der Waals surface area contributed by atoms with Crippen LogP contribution in [0.4, 0.5) is 24.7 Å². The van der Waals surface area contributed by atoms with Gasteiger partial charge in [-0.2, -0.15) is 18.3 Å². The van der Waals surface area contributed by atoms with E-state index in [1.807, 2.05) is 37.3 Å². The number of esters is 1. The zero-order valence-corrected chi connectivity index (χ0v) is 21.2. The van der Waals surface area contributed by atoms with Crippen molar-refractivity contribution in [2.45, 2.75) is 38.3 Å². The molecular formula is C29H29F3N4O2. The van der Waals surface area contributed by atoms with Crippen LogP contribution in [-0.4, -0.2) is 29.0 Å². The fourth-order valence-corrected chi connectivity index (χ4v) is 4.11. The third-order valence-electron chi connectivity index (χ3n) is 6.31. The molecule has 3 aromatic rings. The van der Waals surface area contributed by atoms with Crippen molar-refractivity contribution in [3.8, 4) is 11.3 Å². The number of ether oxygens (including phenoxy) is 1. The van der Waals surface area contributed by atoms with Gasteiger partial charge in [0, 0.05) is 11.6 Å². The Balaban J connectivity index is 1.88. The molecule has 1 aromatic heterocycles. The zero-order valence-electron chi connectivity index (χ0n) is 21.2. The normalized spacial score (nSPS) is 14.3. The molecule has 38 heavy (non-hydrogen) atoms. The highest BCUT2D eigenvalue weighted by atomic mass is 19.4. The average molecular weight is 523 g/mol. The molecule has 1 heterocycles. The minimum atomic E-state index is -4.75. The molecule has 4 rings (SSSR count). The van der Waals surface area contributed by atoms with Crippen LogP contribution in [-0.2, 0) is 11.2 Å². The summed E-state index contributed by atoms with van der Waals surface area (Å²) in [4.78, 5) is 12.6. The van der Waals surface area contributed by atoms with Gasteiger partial charge in [0.15, 0.2) is 0 Å². The van der Waals surface area contributed by atoms with Gasteiger partial charge < -0.3 is 15.8 Å². The van der Waals surface area contributed by atoms with Crippen LogP contribution in [0.25, 0.3) is 17.1 Å². The number of aromatic nitrogens is 2. The third kappa shape index (κ3) is 5.82. The second kappa shape index (κ2) is 11.0. The Labute approximate surface area is 219 Å². The SMILES string of the molecule is C=C/C=C\C(=C(/N)n1nc(-c2cccc(CC)c2)cc1Nc1ccc(C2CC2)cc1C(=O)OC)C(F)(F)F. The van der Waals surface area contributed by atoms with Gasteiger partial charge in [-0.3, -0.25) is 0 Å². The van der Waals surface area contributed by atoms with Gasteiger partial charge in [-0.15, -0.1) is 0 Å². The number of aryl methyl sites for hydroxylation is 1. The average Bonchev–Trinajstić information content (AvgIpc) is 3.67. The molecule has 0 saturated heterocycles. The summed E-state index contributed by atoms with van der Waals surface area (Å²) in [6, 6.07) is 14.5. The lowest BCUT2D eigenvalue weighted by atomic mass is 10.0. The van der Waals surface area contributed by atoms with Crippen LogP contribution in [0.15, 0.2) is 78.9 Å². The number of nitrogens with zero attached hydrogens (tertiary/aromatic N) is 2. The molecular weight excluding hydrogens is 493 g/mol. The summed E-state index contributed by atoms with van der Waals surface area (Å²) in [5, 5.41) is 7.52. The van der Waals surface area contributed by atoms with E-state index in [0.717, 1.165) is 47.2 Å². The highest BCUT2D eigenvalue weighted by Gasteiger charge is 2.35. The monoisotopic (exact) mass is 522 g/mol. The van der Waals surface area contributed by atoms with Crippen LogP contribution in [0.1, 0.15) is 47.2 Å². The molecule has 0 unspecified atom stereocenters. The van der Waals surface area contributed by atoms with Gasteiger partial charge in [0.25, 0.3) is 0 Å². The molecule has 0 radical (unpaired) electrons. The van der Waals surface area contributed by atoms with Gasteiger partial charge in [-0.1, -0.05) is 49.9 Å². The first-order valence-corrected chi connectivity index (χ1v) is 12.2. The first kappa shape index (κ1) is 26.8. The summed E-state index contributed by atoms with van der Waals surface area (Å²) < 4.78 is 47.9. The molecule has 1 fully saturated rings. The number of rotatable bonds is 9. The van der Waals surface area contributed by atoms with E-state index in [-0.39, 0.29) is 11.4 Å². The van der Waals surface area contributed by atoms with Crippen molar-refractivity contribution < 1.29 is 22.7 Å². The van der Waals surface area contributed by atoms with Crippen LogP contribution in [0.2, 0.25) is 0 Å². The number of alkyl halides is 3. The van der Waals surface area contributed by atoms with Crippen molar-refractivity contribution in [1.29, 1.82) is 0 Å².